The van der Waals surface area contributed by atoms with Gasteiger partial charge in [0.25, 0.3) is 0 Å². The maximum absolute atomic E-state index is 13.5. The number of nitrogens with two attached hydrogens (primary N) is 1. The van der Waals surface area contributed by atoms with Gasteiger partial charge in [0.2, 0.25) is 5.62 Å². The summed E-state index contributed by atoms with van der Waals surface area (Å²) in [7, 11) is 0. The van der Waals surface area contributed by atoms with Crippen molar-refractivity contribution in [1.82, 2.24) is 14.1 Å². The van der Waals surface area contributed by atoms with Gasteiger partial charge in [-0.25, -0.2) is 23.9 Å². The summed E-state index contributed by atoms with van der Waals surface area (Å²) in [6, 6.07) is 14.0. The SMILES string of the molecule is CC(C)COc1ccc(/N=c2\[nH]c(=O)n(CC3(C(=O)ON)CC3)c(=O)n2Cc2ccc(Cl)cc2)cc1. The first kappa shape index (κ1) is 25.5. The van der Waals surface area contributed by atoms with E-state index in [0.717, 1.165) is 10.1 Å². The molecule has 0 saturated heterocycles. The van der Waals surface area contributed by atoms with Crippen molar-refractivity contribution in [2.45, 2.75) is 39.8 Å². The fourth-order valence-corrected chi connectivity index (χ4v) is 3.83. The quantitative estimate of drug-likeness (QED) is 0.422. The zero-order valence-corrected chi connectivity index (χ0v) is 20.8. The van der Waals surface area contributed by atoms with E-state index in [2.05, 4.69) is 28.7 Å². The fraction of sp³-hybridized carbons (Fsp3) is 0.360. The van der Waals surface area contributed by atoms with Crippen molar-refractivity contribution in [1.29, 1.82) is 0 Å². The molecule has 3 N–H and O–H groups in total. The first-order chi connectivity index (χ1) is 17.2. The second-order valence-electron chi connectivity index (χ2n) is 9.33. The lowest BCUT2D eigenvalue weighted by atomic mass is 10.1. The average Bonchev–Trinajstić information content (AvgIpc) is 3.65. The van der Waals surface area contributed by atoms with Crippen LogP contribution >= 0.6 is 11.6 Å². The number of aromatic amines is 1. The number of rotatable bonds is 9. The first-order valence-corrected chi connectivity index (χ1v) is 12.0. The van der Waals surface area contributed by atoms with Gasteiger partial charge in [-0.3, -0.25) is 9.55 Å². The molecule has 0 atom stereocenters. The molecule has 0 amide bonds. The molecular weight excluding hydrogens is 486 g/mol. The molecule has 1 heterocycles. The Balaban J connectivity index is 1.76. The highest BCUT2D eigenvalue weighted by Crippen LogP contribution is 2.47. The highest BCUT2D eigenvalue weighted by atomic mass is 35.5. The predicted molar refractivity (Wildman–Crippen MR) is 134 cm³/mol. The number of benzene rings is 2. The van der Waals surface area contributed by atoms with E-state index in [1.807, 2.05) is 0 Å². The fourth-order valence-electron chi connectivity index (χ4n) is 3.70. The van der Waals surface area contributed by atoms with Gasteiger partial charge in [-0.15, -0.1) is 0 Å². The minimum atomic E-state index is -0.978. The molecule has 0 aliphatic heterocycles. The number of carbonyl (C=O) groups excluding carboxylic acids is 1. The molecule has 190 valence electrons. The molecule has 3 aromatic rings. The number of aromatic nitrogens is 3. The van der Waals surface area contributed by atoms with E-state index in [-0.39, 0.29) is 18.7 Å². The van der Waals surface area contributed by atoms with E-state index < -0.39 is 22.8 Å². The summed E-state index contributed by atoms with van der Waals surface area (Å²) < 4.78 is 8.04. The van der Waals surface area contributed by atoms with Crippen LogP contribution in [0.25, 0.3) is 0 Å². The van der Waals surface area contributed by atoms with Crippen LogP contribution in [-0.4, -0.2) is 26.7 Å². The van der Waals surface area contributed by atoms with Crippen molar-refractivity contribution in [2.24, 2.45) is 22.2 Å². The second kappa shape index (κ2) is 10.5. The number of nitrogens with zero attached hydrogens (tertiary/aromatic N) is 3. The van der Waals surface area contributed by atoms with Gasteiger partial charge >= 0.3 is 17.3 Å². The monoisotopic (exact) mass is 513 g/mol. The van der Waals surface area contributed by atoms with Crippen LogP contribution in [0.3, 0.4) is 0 Å². The molecule has 1 aromatic heterocycles. The van der Waals surface area contributed by atoms with Gasteiger partial charge in [0.05, 0.1) is 24.3 Å². The minimum Gasteiger partial charge on any atom is -0.493 e. The Labute approximate surface area is 211 Å². The van der Waals surface area contributed by atoms with Gasteiger partial charge in [0, 0.05) is 11.6 Å². The van der Waals surface area contributed by atoms with Crippen molar-refractivity contribution in [3.8, 4) is 5.75 Å². The van der Waals surface area contributed by atoms with Crippen molar-refractivity contribution < 1.29 is 14.4 Å². The van der Waals surface area contributed by atoms with Crippen LogP contribution in [-0.2, 0) is 22.7 Å². The number of halogens is 1. The van der Waals surface area contributed by atoms with E-state index in [0.29, 0.717) is 41.8 Å². The lowest BCUT2D eigenvalue weighted by Crippen LogP contribution is -2.51. The summed E-state index contributed by atoms with van der Waals surface area (Å²) in [6.45, 7) is 4.69. The van der Waals surface area contributed by atoms with Gasteiger partial charge in [-0.2, -0.15) is 5.90 Å². The maximum Gasteiger partial charge on any atom is 0.335 e. The molecule has 1 aliphatic carbocycles. The van der Waals surface area contributed by atoms with Gasteiger partial charge in [-0.1, -0.05) is 37.6 Å². The van der Waals surface area contributed by atoms with E-state index >= 15 is 0 Å². The Bertz CT molecular complexity index is 1420. The van der Waals surface area contributed by atoms with Gasteiger partial charge in [-0.05, 0) is 60.7 Å². The molecule has 1 aliphatic rings. The Morgan fingerprint density at radius 2 is 1.78 bits per heavy atom. The molecule has 36 heavy (non-hydrogen) atoms. The smallest absolute Gasteiger partial charge is 0.335 e. The Morgan fingerprint density at radius 1 is 1.11 bits per heavy atom. The summed E-state index contributed by atoms with van der Waals surface area (Å²) in [6.07, 6.45) is 0.951. The largest absolute Gasteiger partial charge is 0.493 e. The Morgan fingerprint density at radius 3 is 2.36 bits per heavy atom. The van der Waals surface area contributed by atoms with Gasteiger partial charge in [0.15, 0.2) is 0 Å². The second-order valence-corrected chi connectivity index (χ2v) is 9.77. The molecule has 0 spiro atoms. The summed E-state index contributed by atoms with van der Waals surface area (Å²) in [5, 5.41) is 0.559. The molecule has 4 rings (SSSR count). The molecule has 1 saturated carbocycles. The number of hydrogen-bond acceptors (Lipinski definition) is 7. The van der Waals surface area contributed by atoms with Gasteiger partial charge in [0.1, 0.15) is 5.75 Å². The molecule has 0 radical (unpaired) electrons. The number of H-pyrrole nitrogens is 1. The highest BCUT2D eigenvalue weighted by molar-refractivity contribution is 6.30. The zero-order chi connectivity index (χ0) is 25.9. The lowest BCUT2D eigenvalue weighted by molar-refractivity contribution is -0.151. The minimum absolute atomic E-state index is 0.0679. The average molecular weight is 514 g/mol. The van der Waals surface area contributed by atoms with Crippen LogP contribution in [0.4, 0.5) is 5.69 Å². The van der Waals surface area contributed by atoms with Crippen LogP contribution in [0.15, 0.2) is 63.1 Å². The molecule has 11 heteroatoms. The summed E-state index contributed by atoms with van der Waals surface area (Å²) in [5.74, 6) is 5.50. The standard InChI is InChI=1S/C25H28ClN5O5/c1-16(2)14-35-20-9-7-19(8-10-20)28-22-29-23(33)31(15-25(11-12-25)21(32)36-27)24(34)30(22)13-17-3-5-18(26)6-4-17/h3-10,16H,11-15,27H2,1-2H3,(H,28,29,33). The van der Waals surface area contributed by atoms with E-state index in [1.54, 1.807) is 48.5 Å². The van der Waals surface area contributed by atoms with Crippen LogP contribution in [0.2, 0.25) is 5.02 Å². The number of carbonyl (C=O) groups is 1. The lowest BCUT2D eigenvalue weighted by Gasteiger charge is -2.15. The van der Waals surface area contributed by atoms with Crippen molar-refractivity contribution in [2.75, 3.05) is 6.61 Å². The third kappa shape index (κ3) is 5.77. The molecule has 2 aromatic carbocycles. The van der Waals surface area contributed by atoms with E-state index in [4.69, 9.17) is 22.2 Å². The molecular formula is C25H28ClN5O5. The van der Waals surface area contributed by atoms with Crippen LogP contribution < -0.4 is 27.6 Å². The van der Waals surface area contributed by atoms with Gasteiger partial charge < -0.3 is 9.57 Å². The number of ether oxygens (including phenoxy) is 1. The predicted octanol–water partition coefficient (Wildman–Crippen LogP) is 2.50. The highest BCUT2D eigenvalue weighted by Gasteiger charge is 2.52. The zero-order valence-electron chi connectivity index (χ0n) is 20.1. The third-order valence-corrected chi connectivity index (χ3v) is 6.20. The van der Waals surface area contributed by atoms with Crippen LogP contribution in [0.5, 0.6) is 5.75 Å². The summed E-state index contributed by atoms with van der Waals surface area (Å²) >= 11 is 6.00. The molecule has 1 fully saturated rings. The van der Waals surface area contributed by atoms with E-state index in [9.17, 15) is 14.4 Å². The van der Waals surface area contributed by atoms with Crippen molar-refractivity contribution in [3.05, 3.63) is 85.7 Å². The topological polar surface area (TPSA) is 134 Å². The summed E-state index contributed by atoms with van der Waals surface area (Å²) in [5.41, 5.74) is -0.905. The number of nitrogens with one attached hydrogen (secondary N) is 1. The summed E-state index contributed by atoms with van der Waals surface area (Å²) in [4.78, 5) is 50.2. The van der Waals surface area contributed by atoms with Crippen LogP contribution in [0.1, 0.15) is 32.3 Å². The molecule has 0 bridgehead atoms. The Hall–Kier alpha value is -3.63. The Kier molecular flexibility index (Phi) is 7.46. The normalized spacial score (nSPS) is 14.6. The molecule has 0 unspecified atom stereocenters. The third-order valence-electron chi connectivity index (χ3n) is 5.94. The molecule has 10 nitrogen and oxygen atoms in total. The van der Waals surface area contributed by atoms with Crippen LogP contribution in [0, 0.1) is 11.3 Å². The maximum atomic E-state index is 13.5. The first-order valence-electron chi connectivity index (χ1n) is 11.6. The van der Waals surface area contributed by atoms with E-state index in [1.165, 1.54) is 4.57 Å². The van der Waals surface area contributed by atoms with Crippen molar-refractivity contribution in [3.63, 3.8) is 0 Å². The van der Waals surface area contributed by atoms with Crippen molar-refractivity contribution >= 4 is 23.3 Å². The number of hydrogen-bond donors (Lipinski definition) is 2.